The third-order valence-corrected chi connectivity index (χ3v) is 3.68. The highest BCUT2D eigenvalue weighted by Crippen LogP contribution is 2.36. The second-order valence-electron chi connectivity index (χ2n) is 4.32. The van der Waals surface area contributed by atoms with Gasteiger partial charge in [-0.05, 0) is 22.0 Å². The Labute approximate surface area is 138 Å². The van der Waals surface area contributed by atoms with E-state index in [4.69, 9.17) is 15.7 Å². The van der Waals surface area contributed by atoms with Crippen molar-refractivity contribution in [2.45, 2.75) is 0 Å². The molecule has 0 amide bonds. The van der Waals surface area contributed by atoms with E-state index >= 15 is 0 Å². The summed E-state index contributed by atoms with van der Waals surface area (Å²) in [6.45, 7) is 0. The van der Waals surface area contributed by atoms with Gasteiger partial charge in [0, 0.05) is 6.20 Å². The van der Waals surface area contributed by atoms with E-state index in [2.05, 4.69) is 20.7 Å². The number of hydrogen-bond acceptors (Lipinski definition) is 5. The van der Waals surface area contributed by atoms with Crippen LogP contribution in [0.5, 0.6) is 5.75 Å². The van der Waals surface area contributed by atoms with Crippen molar-refractivity contribution in [2.24, 2.45) is 0 Å². The van der Waals surface area contributed by atoms with Crippen LogP contribution in [0.2, 0.25) is 0 Å². The third-order valence-electron chi connectivity index (χ3n) is 3.11. The molecule has 0 fully saturated rings. The highest BCUT2D eigenvalue weighted by atomic mass is 79.9. The van der Waals surface area contributed by atoms with Gasteiger partial charge in [0.25, 0.3) is 0 Å². The lowest BCUT2D eigenvalue weighted by molar-refractivity contribution is 0.0593. The lowest BCUT2D eigenvalue weighted by atomic mass is 10.2. The van der Waals surface area contributed by atoms with Crippen LogP contribution in [0.3, 0.4) is 0 Å². The molecule has 0 unspecified atom stereocenters. The molecular weight excluding hydrogens is 376 g/mol. The minimum absolute atomic E-state index is 0.0201. The van der Waals surface area contributed by atoms with Gasteiger partial charge in [-0.15, -0.1) is 0 Å². The Morgan fingerprint density at radius 2 is 2.04 bits per heavy atom. The molecule has 0 bridgehead atoms. The zero-order chi connectivity index (χ0) is 17.3. The number of ether oxygens (including phenoxy) is 2. The molecule has 9 heteroatoms. The average molecular weight is 386 g/mol. The summed E-state index contributed by atoms with van der Waals surface area (Å²) in [6, 6.07) is 3.01. The van der Waals surface area contributed by atoms with E-state index in [9.17, 15) is 13.6 Å². The van der Waals surface area contributed by atoms with E-state index in [0.717, 1.165) is 18.8 Å². The van der Waals surface area contributed by atoms with Crippen LogP contribution in [-0.4, -0.2) is 24.8 Å². The van der Waals surface area contributed by atoms with Crippen LogP contribution < -0.4 is 10.5 Å². The van der Waals surface area contributed by atoms with Crippen LogP contribution in [0.4, 0.5) is 14.5 Å². The van der Waals surface area contributed by atoms with Gasteiger partial charge in [-0.2, -0.15) is 9.65 Å². The smallest absolute Gasteiger partial charge is 0.357 e. The first-order valence-electron chi connectivity index (χ1n) is 6.08. The number of esters is 1. The Morgan fingerprint density at radius 3 is 2.57 bits per heavy atom. The molecule has 1 heterocycles. The Morgan fingerprint density at radius 1 is 1.39 bits per heavy atom. The summed E-state index contributed by atoms with van der Waals surface area (Å²) in [4.78, 5) is 11.9. The average Bonchev–Trinajstić information content (AvgIpc) is 2.88. The predicted octanol–water partition coefficient (Wildman–Crippen LogP) is 2.77. The van der Waals surface area contributed by atoms with Gasteiger partial charge in [0.05, 0.1) is 35.6 Å². The number of nitrogens with zero attached hydrogens (tertiary/aromatic N) is 2. The summed E-state index contributed by atoms with van der Waals surface area (Å²) in [7, 11) is 2.27. The van der Waals surface area contributed by atoms with E-state index in [1.807, 2.05) is 6.07 Å². The normalized spacial score (nSPS) is 10.3. The van der Waals surface area contributed by atoms with E-state index < -0.39 is 23.4 Å². The Balaban J connectivity index is 2.88. The van der Waals surface area contributed by atoms with Gasteiger partial charge in [0.15, 0.2) is 17.3 Å². The molecule has 0 aliphatic heterocycles. The number of anilines is 1. The number of halogens is 3. The molecule has 0 radical (unpaired) electrons. The second-order valence-corrected chi connectivity index (χ2v) is 5.17. The molecule has 2 rings (SSSR count). The van der Waals surface area contributed by atoms with Crippen LogP contribution in [0.15, 0.2) is 16.7 Å². The molecule has 2 N–H and O–H groups in total. The molecule has 0 aliphatic rings. The lowest BCUT2D eigenvalue weighted by Crippen LogP contribution is -2.12. The van der Waals surface area contributed by atoms with Crippen LogP contribution >= 0.6 is 15.9 Å². The molecule has 1 aromatic heterocycles. The standard InChI is InChI=1S/C14H10BrF2N3O3/c1-22-13-8(3-7(15)9(16)10(13)17)20-5-6(4-18)11(19)12(20)14(21)23-2/h3,5H,19H2,1-2H3. The fourth-order valence-electron chi connectivity index (χ4n) is 2.04. The monoisotopic (exact) mass is 385 g/mol. The van der Waals surface area contributed by atoms with Crippen molar-refractivity contribution in [3.63, 3.8) is 0 Å². The molecule has 23 heavy (non-hydrogen) atoms. The molecule has 0 saturated heterocycles. The summed E-state index contributed by atoms with van der Waals surface area (Å²) in [5, 5.41) is 9.07. The number of carbonyl (C=O) groups excluding carboxylic acids is 1. The predicted molar refractivity (Wildman–Crippen MR) is 80.4 cm³/mol. The van der Waals surface area contributed by atoms with Crippen molar-refractivity contribution in [1.82, 2.24) is 4.57 Å². The van der Waals surface area contributed by atoms with Crippen molar-refractivity contribution >= 4 is 27.6 Å². The number of hydrogen-bond donors (Lipinski definition) is 1. The van der Waals surface area contributed by atoms with Crippen molar-refractivity contribution in [3.8, 4) is 17.5 Å². The number of nitrogen functional groups attached to an aromatic ring is 1. The molecule has 0 atom stereocenters. The van der Waals surface area contributed by atoms with Crippen molar-refractivity contribution in [1.29, 1.82) is 5.26 Å². The number of carbonyl (C=O) groups is 1. The zero-order valence-electron chi connectivity index (χ0n) is 12.0. The SMILES string of the molecule is COC(=O)c1c(N)c(C#N)cn1-c1cc(Br)c(F)c(F)c1OC. The summed E-state index contributed by atoms with van der Waals surface area (Å²) < 4.78 is 38.2. The quantitative estimate of drug-likeness (QED) is 0.647. The van der Waals surface area contributed by atoms with Crippen LogP contribution in [0.25, 0.3) is 5.69 Å². The number of nitriles is 1. The third kappa shape index (κ3) is 2.61. The number of aromatic nitrogens is 1. The Hall–Kier alpha value is -2.60. The molecule has 2 aromatic rings. The number of methoxy groups -OCH3 is 2. The summed E-state index contributed by atoms with van der Waals surface area (Å²) in [5.74, 6) is -3.69. The first-order chi connectivity index (χ1) is 10.9. The van der Waals surface area contributed by atoms with Crippen LogP contribution in [0.1, 0.15) is 16.1 Å². The highest BCUT2D eigenvalue weighted by molar-refractivity contribution is 9.10. The van der Waals surface area contributed by atoms with E-state index in [1.165, 1.54) is 12.3 Å². The van der Waals surface area contributed by atoms with Crippen molar-refractivity contribution < 1.29 is 23.0 Å². The zero-order valence-corrected chi connectivity index (χ0v) is 13.6. The van der Waals surface area contributed by atoms with Crippen LogP contribution in [0, 0.1) is 23.0 Å². The fourth-order valence-corrected chi connectivity index (χ4v) is 2.43. The van der Waals surface area contributed by atoms with Gasteiger partial charge < -0.3 is 19.8 Å². The maximum absolute atomic E-state index is 14.1. The molecule has 6 nitrogen and oxygen atoms in total. The molecule has 0 saturated carbocycles. The molecular formula is C14H10BrF2N3O3. The Kier molecular flexibility index (Phi) is 4.56. The fraction of sp³-hybridized carbons (Fsp3) is 0.143. The topological polar surface area (TPSA) is 90.3 Å². The minimum Gasteiger partial charge on any atom is -0.491 e. The molecule has 120 valence electrons. The number of nitrogens with two attached hydrogens (primary N) is 1. The van der Waals surface area contributed by atoms with E-state index in [0.29, 0.717) is 0 Å². The van der Waals surface area contributed by atoms with E-state index in [1.54, 1.807) is 0 Å². The lowest BCUT2D eigenvalue weighted by Gasteiger charge is -2.14. The first kappa shape index (κ1) is 16.8. The van der Waals surface area contributed by atoms with E-state index in [-0.39, 0.29) is 27.1 Å². The largest absolute Gasteiger partial charge is 0.491 e. The van der Waals surface area contributed by atoms with Gasteiger partial charge in [-0.1, -0.05) is 0 Å². The van der Waals surface area contributed by atoms with Gasteiger partial charge >= 0.3 is 5.97 Å². The number of benzene rings is 1. The van der Waals surface area contributed by atoms with Gasteiger partial charge in [0.2, 0.25) is 5.82 Å². The van der Waals surface area contributed by atoms with Gasteiger partial charge in [0.1, 0.15) is 6.07 Å². The maximum Gasteiger partial charge on any atom is 0.357 e. The molecule has 1 aromatic carbocycles. The molecule has 0 aliphatic carbocycles. The van der Waals surface area contributed by atoms with Gasteiger partial charge in [-0.3, -0.25) is 0 Å². The van der Waals surface area contributed by atoms with Crippen LogP contribution in [-0.2, 0) is 4.74 Å². The summed E-state index contributed by atoms with van der Waals surface area (Å²) in [5.41, 5.74) is 5.39. The van der Waals surface area contributed by atoms with Crippen molar-refractivity contribution in [3.05, 3.63) is 39.6 Å². The Bertz CT molecular complexity index is 843. The van der Waals surface area contributed by atoms with Gasteiger partial charge in [-0.25, -0.2) is 9.18 Å². The molecule has 0 spiro atoms. The number of rotatable bonds is 3. The maximum atomic E-state index is 14.1. The second kappa shape index (κ2) is 6.26. The minimum atomic E-state index is -1.25. The summed E-state index contributed by atoms with van der Waals surface area (Å²) >= 11 is 2.88. The summed E-state index contributed by atoms with van der Waals surface area (Å²) in [6.07, 6.45) is 1.21. The van der Waals surface area contributed by atoms with Crippen molar-refractivity contribution in [2.75, 3.05) is 20.0 Å². The first-order valence-corrected chi connectivity index (χ1v) is 6.87. The highest BCUT2D eigenvalue weighted by Gasteiger charge is 2.26.